The zero-order valence-corrected chi connectivity index (χ0v) is 14.5. The Labute approximate surface area is 128 Å². The minimum Gasteiger partial charge on any atom is -0.459 e. The second-order valence-electron chi connectivity index (χ2n) is 8.01. The molecule has 0 aliphatic rings. The molecule has 2 nitrogen and oxygen atoms in total. The Morgan fingerprint density at radius 3 is 2.24 bits per heavy atom. The fourth-order valence-electron chi connectivity index (χ4n) is 2.71. The lowest BCUT2D eigenvalue weighted by Gasteiger charge is -2.29. The zero-order chi connectivity index (χ0) is 15.8. The van der Waals surface area contributed by atoms with E-state index in [2.05, 4.69) is 78.0 Å². The SMILES string of the molecule is CCNC(c1cc2cc(C(C)(C)C)ccc2o1)C(C)(C)C. The molecule has 0 fully saturated rings. The highest BCUT2D eigenvalue weighted by Gasteiger charge is 2.28. The van der Waals surface area contributed by atoms with Crippen LogP contribution in [0.15, 0.2) is 28.7 Å². The van der Waals surface area contributed by atoms with Crippen LogP contribution in [0.25, 0.3) is 11.0 Å². The highest BCUT2D eigenvalue weighted by Crippen LogP contribution is 2.36. The molecule has 1 unspecified atom stereocenters. The second kappa shape index (κ2) is 5.49. The maximum absolute atomic E-state index is 6.11. The first-order valence-corrected chi connectivity index (χ1v) is 7.90. The zero-order valence-electron chi connectivity index (χ0n) is 14.5. The molecule has 2 aromatic rings. The predicted molar refractivity (Wildman–Crippen MR) is 90.8 cm³/mol. The van der Waals surface area contributed by atoms with Crippen LogP contribution in [0, 0.1) is 5.41 Å². The number of fused-ring (bicyclic) bond motifs is 1. The third-order valence-corrected chi connectivity index (χ3v) is 3.96. The van der Waals surface area contributed by atoms with Crippen LogP contribution in [0.5, 0.6) is 0 Å². The van der Waals surface area contributed by atoms with Crippen molar-refractivity contribution in [3.63, 3.8) is 0 Å². The fraction of sp³-hybridized carbons (Fsp3) is 0.579. The largest absolute Gasteiger partial charge is 0.459 e. The predicted octanol–water partition coefficient (Wildman–Crippen LogP) is 5.43. The quantitative estimate of drug-likeness (QED) is 0.814. The normalized spacial score (nSPS) is 14.6. The van der Waals surface area contributed by atoms with Gasteiger partial charge in [-0.25, -0.2) is 0 Å². The molecular weight excluding hydrogens is 258 g/mol. The molecule has 0 radical (unpaired) electrons. The standard InChI is InChI=1S/C19H29NO/c1-8-20-17(19(5,6)7)16-12-13-11-14(18(2,3)4)9-10-15(13)21-16/h9-12,17,20H,8H2,1-7H3. The summed E-state index contributed by atoms with van der Waals surface area (Å²) in [7, 11) is 0. The van der Waals surface area contributed by atoms with Gasteiger partial charge in [-0.15, -0.1) is 0 Å². The maximum atomic E-state index is 6.11. The molecule has 0 bridgehead atoms. The Balaban J connectivity index is 2.47. The first kappa shape index (κ1) is 16.1. The lowest BCUT2D eigenvalue weighted by molar-refractivity contribution is 0.244. The number of furan rings is 1. The van der Waals surface area contributed by atoms with Crippen molar-refractivity contribution in [2.75, 3.05) is 6.54 Å². The third kappa shape index (κ3) is 3.49. The van der Waals surface area contributed by atoms with E-state index < -0.39 is 0 Å². The molecule has 1 atom stereocenters. The average molecular weight is 287 g/mol. The van der Waals surface area contributed by atoms with E-state index in [1.165, 1.54) is 10.9 Å². The topological polar surface area (TPSA) is 25.2 Å². The fourth-order valence-corrected chi connectivity index (χ4v) is 2.71. The Hall–Kier alpha value is -1.28. The van der Waals surface area contributed by atoms with E-state index in [1.807, 2.05) is 0 Å². The molecule has 1 aromatic carbocycles. The monoisotopic (exact) mass is 287 g/mol. The third-order valence-electron chi connectivity index (χ3n) is 3.96. The highest BCUT2D eigenvalue weighted by atomic mass is 16.3. The van der Waals surface area contributed by atoms with E-state index in [0.717, 1.165) is 17.9 Å². The van der Waals surface area contributed by atoms with E-state index >= 15 is 0 Å². The minimum absolute atomic E-state index is 0.122. The molecule has 1 heterocycles. The maximum Gasteiger partial charge on any atom is 0.134 e. The van der Waals surface area contributed by atoms with Crippen LogP contribution in [-0.4, -0.2) is 6.54 Å². The van der Waals surface area contributed by atoms with Crippen molar-refractivity contribution in [3.8, 4) is 0 Å². The van der Waals surface area contributed by atoms with Gasteiger partial charge in [0, 0.05) is 5.39 Å². The van der Waals surface area contributed by atoms with Crippen LogP contribution in [0.4, 0.5) is 0 Å². The molecule has 0 saturated heterocycles. The van der Waals surface area contributed by atoms with Gasteiger partial charge in [-0.3, -0.25) is 0 Å². The molecule has 21 heavy (non-hydrogen) atoms. The van der Waals surface area contributed by atoms with E-state index in [9.17, 15) is 0 Å². The first-order chi connectivity index (χ1) is 9.63. The van der Waals surface area contributed by atoms with Crippen LogP contribution >= 0.6 is 0 Å². The van der Waals surface area contributed by atoms with Crippen LogP contribution in [0.2, 0.25) is 0 Å². The molecule has 0 spiro atoms. The molecule has 0 saturated carbocycles. The molecule has 1 N–H and O–H groups in total. The Bertz CT molecular complexity index is 611. The number of nitrogens with one attached hydrogen (secondary N) is 1. The Kier molecular flexibility index (Phi) is 4.21. The van der Waals surface area contributed by atoms with Gasteiger partial charge >= 0.3 is 0 Å². The number of benzene rings is 1. The van der Waals surface area contributed by atoms with Crippen molar-refractivity contribution in [1.82, 2.24) is 5.32 Å². The molecule has 0 aliphatic carbocycles. The number of rotatable bonds is 3. The second-order valence-corrected chi connectivity index (χ2v) is 8.01. The van der Waals surface area contributed by atoms with Crippen molar-refractivity contribution in [2.24, 2.45) is 5.41 Å². The van der Waals surface area contributed by atoms with Crippen LogP contribution in [0.3, 0.4) is 0 Å². The van der Waals surface area contributed by atoms with E-state index in [4.69, 9.17) is 4.42 Å². The van der Waals surface area contributed by atoms with Gasteiger partial charge < -0.3 is 9.73 Å². The molecule has 2 heteroatoms. The van der Waals surface area contributed by atoms with Crippen molar-refractivity contribution < 1.29 is 4.42 Å². The summed E-state index contributed by atoms with van der Waals surface area (Å²) in [4.78, 5) is 0. The Morgan fingerprint density at radius 2 is 1.71 bits per heavy atom. The van der Waals surface area contributed by atoms with Gasteiger partial charge in [0.25, 0.3) is 0 Å². The summed E-state index contributed by atoms with van der Waals surface area (Å²) in [6, 6.07) is 8.96. The van der Waals surface area contributed by atoms with Crippen LogP contribution in [0.1, 0.15) is 65.8 Å². The number of hydrogen-bond acceptors (Lipinski definition) is 2. The number of hydrogen-bond donors (Lipinski definition) is 1. The lowest BCUT2D eigenvalue weighted by atomic mass is 9.84. The van der Waals surface area contributed by atoms with Gasteiger partial charge in [0.1, 0.15) is 11.3 Å². The molecule has 2 rings (SSSR count). The van der Waals surface area contributed by atoms with Crippen molar-refractivity contribution >= 4 is 11.0 Å². The smallest absolute Gasteiger partial charge is 0.134 e. The summed E-state index contributed by atoms with van der Waals surface area (Å²) in [5.41, 5.74) is 2.61. The molecule has 116 valence electrons. The summed E-state index contributed by atoms with van der Waals surface area (Å²) in [5, 5.41) is 4.75. The Morgan fingerprint density at radius 1 is 1.05 bits per heavy atom. The summed E-state index contributed by atoms with van der Waals surface area (Å²) in [6.45, 7) is 16.5. The molecule has 0 amide bonds. The van der Waals surface area contributed by atoms with Gasteiger partial charge in [0.2, 0.25) is 0 Å². The van der Waals surface area contributed by atoms with Crippen molar-refractivity contribution in [3.05, 3.63) is 35.6 Å². The van der Waals surface area contributed by atoms with E-state index in [-0.39, 0.29) is 16.9 Å². The van der Waals surface area contributed by atoms with Crippen LogP contribution in [-0.2, 0) is 5.41 Å². The molecule has 0 aliphatic heterocycles. The van der Waals surface area contributed by atoms with E-state index in [1.54, 1.807) is 0 Å². The van der Waals surface area contributed by atoms with Crippen molar-refractivity contribution in [2.45, 2.75) is 59.9 Å². The highest BCUT2D eigenvalue weighted by molar-refractivity contribution is 5.79. The first-order valence-electron chi connectivity index (χ1n) is 7.90. The van der Waals surface area contributed by atoms with Crippen molar-refractivity contribution in [1.29, 1.82) is 0 Å². The summed E-state index contributed by atoms with van der Waals surface area (Å²) >= 11 is 0. The van der Waals surface area contributed by atoms with Crippen LogP contribution < -0.4 is 5.32 Å². The van der Waals surface area contributed by atoms with Gasteiger partial charge in [-0.2, -0.15) is 0 Å². The van der Waals surface area contributed by atoms with Gasteiger partial charge in [0.05, 0.1) is 6.04 Å². The minimum atomic E-state index is 0.122. The van der Waals surface area contributed by atoms with E-state index in [0.29, 0.717) is 0 Å². The average Bonchev–Trinajstić information content (AvgIpc) is 2.75. The molecule has 1 aromatic heterocycles. The summed E-state index contributed by atoms with van der Waals surface area (Å²) in [5.74, 6) is 1.03. The van der Waals surface area contributed by atoms with Gasteiger partial charge in [-0.05, 0) is 41.1 Å². The van der Waals surface area contributed by atoms with Gasteiger partial charge in [-0.1, -0.05) is 54.5 Å². The molecular formula is C19H29NO. The summed E-state index contributed by atoms with van der Waals surface area (Å²) < 4.78 is 6.11. The summed E-state index contributed by atoms with van der Waals surface area (Å²) in [6.07, 6.45) is 0. The lowest BCUT2D eigenvalue weighted by Crippen LogP contribution is -2.31. The van der Waals surface area contributed by atoms with Gasteiger partial charge in [0.15, 0.2) is 0 Å².